The molecular weight excluding hydrogens is 309 g/mol. The highest BCUT2D eigenvalue weighted by molar-refractivity contribution is 5.96. The van der Waals surface area contributed by atoms with E-state index in [0.717, 1.165) is 25.2 Å². The van der Waals surface area contributed by atoms with Gasteiger partial charge in [0.15, 0.2) is 0 Å². The largest absolute Gasteiger partial charge is 0.355 e. The maximum absolute atomic E-state index is 13.7. The van der Waals surface area contributed by atoms with Gasteiger partial charge in [0.1, 0.15) is 23.3 Å². The highest BCUT2D eigenvalue weighted by atomic mass is 19.1. The van der Waals surface area contributed by atoms with Crippen LogP contribution in [0.2, 0.25) is 0 Å². The molecule has 1 atom stereocenters. The molecule has 1 unspecified atom stereocenters. The molecule has 0 spiro atoms. The first kappa shape index (κ1) is 16.0. The number of rotatable bonds is 3. The van der Waals surface area contributed by atoms with Gasteiger partial charge < -0.3 is 10.2 Å². The third-order valence-corrected chi connectivity index (χ3v) is 4.25. The van der Waals surface area contributed by atoms with Crippen molar-refractivity contribution >= 4 is 11.7 Å². The molecule has 3 rings (SSSR count). The number of nitrogens with one attached hydrogen (secondary N) is 1. The molecule has 1 aliphatic heterocycles. The molecule has 0 aliphatic carbocycles. The lowest BCUT2D eigenvalue weighted by Crippen LogP contribution is -2.48. The van der Waals surface area contributed by atoms with E-state index in [1.165, 1.54) is 18.2 Å². The number of aromatic nitrogens is 2. The molecule has 1 saturated heterocycles. The van der Waals surface area contributed by atoms with Crippen LogP contribution >= 0.6 is 0 Å². The number of carbonyl (C=O) groups excluding carboxylic acids is 1. The summed E-state index contributed by atoms with van der Waals surface area (Å²) in [7, 11) is 1.88. The molecule has 0 saturated carbocycles. The van der Waals surface area contributed by atoms with Gasteiger partial charge in [0.25, 0.3) is 5.91 Å². The number of anilines is 1. The van der Waals surface area contributed by atoms with Crippen LogP contribution < -0.4 is 10.2 Å². The monoisotopic (exact) mass is 327 g/mol. The molecule has 1 N–H and O–H groups in total. The third kappa shape index (κ3) is 3.08. The van der Waals surface area contributed by atoms with E-state index >= 15 is 0 Å². The summed E-state index contributed by atoms with van der Waals surface area (Å²) in [5.41, 5.74) is -0.135. The van der Waals surface area contributed by atoms with Crippen LogP contribution in [0.25, 0.3) is 0 Å². The summed E-state index contributed by atoms with van der Waals surface area (Å²) in [6.07, 6.45) is 3.52. The van der Waals surface area contributed by atoms with Crippen molar-refractivity contribution in [2.75, 3.05) is 18.0 Å². The first-order chi connectivity index (χ1) is 11.6. The van der Waals surface area contributed by atoms with E-state index in [4.69, 9.17) is 5.26 Å². The zero-order valence-electron chi connectivity index (χ0n) is 13.4. The van der Waals surface area contributed by atoms with E-state index in [1.54, 1.807) is 16.9 Å². The van der Waals surface area contributed by atoms with E-state index < -0.39 is 11.7 Å². The predicted molar refractivity (Wildman–Crippen MR) is 87.0 cm³/mol. The maximum Gasteiger partial charge on any atom is 0.253 e. The van der Waals surface area contributed by atoms with E-state index in [9.17, 15) is 9.18 Å². The Kier molecular flexibility index (Phi) is 4.47. The van der Waals surface area contributed by atoms with Crippen molar-refractivity contribution in [3.8, 4) is 6.07 Å². The average Bonchev–Trinajstić information content (AvgIpc) is 3.01. The molecule has 1 fully saturated rings. The molecule has 0 bridgehead atoms. The Hall–Kier alpha value is -2.88. The Morgan fingerprint density at radius 3 is 3.00 bits per heavy atom. The van der Waals surface area contributed by atoms with Gasteiger partial charge in [-0.05, 0) is 25.0 Å². The molecule has 7 heteroatoms. The first-order valence-corrected chi connectivity index (χ1v) is 7.82. The Bertz CT molecular complexity index is 795. The van der Waals surface area contributed by atoms with Crippen LogP contribution in [0.1, 0.15) is 28.8 Å². The molecule has 1 aromatic carbocycles. The minimum atomic E-state index is -0.676. The van der Waals surface area contributed by atoms with Gasteiger partial charge in [-0.15, -0.1) is 0 Å². The Morgan fingerprint density at radius 2 is 2.29 bits per heavy atom. The van der Waals surface area contributed by atoms with Crippen molar-refractivity contribution in [3.63, 3.8) is 0 Å². The summed E-state index contributed by atoms with van der Waals surface area (Å²) in [4.78, 5) is 14.6. The Labute approximate surface area is 139 Å². The van der Waals surface area contributed by atoms with Crippen molar-refractivity contribution in [2.45, 2.75) is 18.9 Å². The zero-order valence-corrected chi connectivity index (χ0v) is 13.4. The molecule has 1 aromatic heterocycles. The fourth-order valence-electron chi connectivity index (χ4n) is 3.07. The van der Waals surface area contributed by atoms with Crippen LogP contribution in [-0.2, 0) is 7.05 Å². The molecule has 6 nitrogen and oxygen atoms in total. The molecule has 0 radical (unpaired) electrons. The van der Waals surface area contributed by atoms with E-state index in [2.05, 4.69) is 15.3 Å². The number of carbonyl (C=O) groups is 1. The van der Waals surface area contributed by atoms with Crippen molar-refractivity contribution < 1.29 is 9.18 Å². The first-order valence-electron chi connectivity index (χ1n) is 7.82. The highest BCUT2D eigenvalue weighted by Crippen LogP contribution is 2.19. The smallest absolute Gasteiger partial charge is 0.253 e. The van der Waals surface area contributed by atoms with Gasteiger partial charge in [-0.1, -0.05) is 6.07 Å². The second-order valence-electron chi connectivity index (χ2n) is 5.85. The van der Waals surface area contributed by atoms with Crippen molar-refractivity contribution in [3.05, 3.63) is 47.4 Å². The number of benzene rings is 1. The van der Waals surface area contributed by atoms with Crippen LogP contribution in [0, 0.1) is 17.1 Å². The summed E-state index contributed by atoms with van der Waals surface area (Å²) in [5, 5.41) is 16.2. The molecule has 1 aliphatic rings. The zero-order chi connectivity index (χ0) is 17.1. The van der Waals surface area contributed by atoms with Gasteiger partial charge in [0.2, 0.25) is 0 Å². The second kappa shape index (κ2) is 6.71. The SMILES string of the molecule is Cn1nccc1N1CCCC(NC(=O)c2cccc(F)c2C#N)C1. The quantitative estimate of drug-likeness (QED) is 0.933. The topological polar surface area (TPSA) is 74.0 Å². The standard InChI is InChI=1S/C17H18FN5O/c1-22-16(7-8-20-22)23-9-3-4-12(11-23)21-17(24)13-5-2-6-15(18)14(13)10-19/h2,5-8,12H,3-4,9,11H2,1H3,(H,21,24). The molecular formula is C17H18FN5O. The van der Waals surface area contributed by atoms with Crippen molar-refractivity contribution in [1.29, 1.82) is 5.26 Å². The Morgan fingerprint density at radius 1 is 1.46 bits per heavy atom. The minimum absolute atomic E-state index is 0.0593. The van der Waals surface area contributed by atoms with Gasteiger partial charge in [0, 0.05) is 32.2 Å². The van der Waals surface area contributed by atoms with Crippen LogP contribution in [0.15, 0.2) is 30.5 Å². The highest BCUT2D eigenvalue weighted by Gasteiger charge is 2.24. The second-order valence-corrected chi connectivity index (χ2v) is 5.85. The van der Waals surface area contributed by atoms with E-state index in [1.807, 2.05) is 13.1 Å². The lowest BCUT2D eigenvalue weighted by molar-refractivity contribution is 0.0932. The number of hydrogen-bond donors (Lipinski definition) is 1. The lowest BCUT2D eigenvalue weighted by atomic mass is 10.0. The molecule has 2 heterocycles. The van der Waals surface area contributed by atoms with Crippen LogP contribution in [0.4, 0.5) is 10.2 Å². The number of piperidine rings is 1. The lowest BCUT2D eigenvalue weighted by Gasteiger charge is -2.34. The fourth-order valence-corrected chi connectivity index (χ4v) is 3.07. The number of amides is 1. The van der Waals surface area contributed by atoms with Crippen LogP contribution in [0.3, 0.4) is 0 Å². The molecule has 24 heavy (non-hydrogen) atoms. The summed E-state index contributed by atoms with van der Waals surface area (Å²) < 4.78 is 15.5. The molecule has 124 valence electrons. The summed E-state index contributed by atoms with van der Waals surface area (Å²) >= 11 is 0. The number of aryl methyl sites for hydroxylation is 1. The van der Waals surface area contributed by atoms with Crippen LogP contribution in [0.5, 0.6) is 0 Å². The summed E-state index contributed by atoms with van der Waals surface area (Å²) in [6, 6.07) is 7.73. The maximum atomic E-state index is 13.7. The Balaban J connectivity index is 1.72. The van der Waals surface area contributed by atoms with Gasteiger partial charge in [-0.25, -0.2) is 4.39 Å². The van der Waals surface area contributed by atoms with Crippen molar-refractivity contribution in [2.24, 2.45) is 7.05 Å². The molecule has 1 amide bonds. The van der Waals surface area contributed by atoms with Gasteiger partial charge in [-0.2, -0.15) is 10.4 Å². The van der Waals surface area contributed by atoms with E-state index in [-0.39, 0.29) is 17.2 Å². The number of halogens is 1. The van der Waals surface area contributed by atoms with E-state index in [0.29, 0.717) is 6.54 Å². The normalized spacial score (nSPS) is 17.4. The van der Waals surface area contributed by atoms with Crippen molar-refractivity contribution in [1.82, 2.24) is 15.1 Å². The van der Waals surface area contributed by atoms with Gasteiger partial charge in [0.05, 0.1) is 11.8 Å². The van der Waals surface area contributed by atoms with Crippen LogP contribution in [-0.4, -0.2) is 34.8 Å². The minimum Gasteiger partial charge on any atom is -0.355 e. The number of nitriles is 1. The predicted octanol–water partition coefficient (Wildman–Crippen LogP) is 1.83. The third-order valence-electron chi connectivity index (χ3n) is 4.25. The summed E-state index contributed by atoms with van der Waals surface area (Å²) in [5.74, 6) is -0.0920. The van der Waals surface area contributed by atoms with Gasteiger partial charge >= 0.3 is 0 Å². The molecule has 2 aromatic rings. The number of nitrogens with zero attached hydrogens (tertiary/aromatic N) is 4. The van der Waals surface area contributed by atoms with Gasteiger partial charge in [-0.3, -0.25) is 9.48 Å². The average molecular weight is 327 g/mol. The summed E-state index contributed by atoms with van der Waals surface area (Å²) in [6.45, 7) is 1.55. The fraction of sp³-hybridized carbons (Fsp3) is 0.353. The number of hydrogen-bond acceptors (Lipinski definition) is 4.